The molecule has 0 bridgehead atoms. The molecule has 0 unspecified atom stereocenters. The molecular weight excluding hydrogens is 284 g/mol. The smallest absolute Gasteiger partial charge is 0.270 e. The number of halogens is 1. The summed E-state index contributed by atoms with van der Waals surface area (Å²) in [5.41, 5.74) is 0.0151. The van der Waals surface area contributed by atoms with E-state index in [0.29, 0.717) is 5.76 Å². The molecule has 2 rings (SSSR count). The summed E-state index contributed by atoms with van der Waals surface area (Å²) in [5.74, 6) is 0.185. The number of nitro groups is 1. The maximum atomic E-state index is 12.0. The molecule has 0 aliphatic rings. The largest absolute Gasteiger partial charge is 0.467 e. The molecule has 1 heterocycles. The first kappa shape index (κ1) is 14.1. The van der Waals surface area contributed by atoms with Crippen LogP contribution in [0.5, 0.6) is 0 Å². The fourth-order valence-electron chi connectivity index (χ4n) is 1.68. The fourth-order valence-corrected chi connectivity index (χ4v) is 1.95. The molecule has 7 heteroatoms. The molecule has 1 N–H and O–H groups in total. The third-order valence-corrected chi connectivity index (χ3v) is 3.04. The van der Waals surface area contributed by atoms with E-state index in [1.165, 1.54) is 18.4 Å². The number of amides is 1. The van der Waals surface area contributed by atoms with Crippen LogP contribution in [-0.2, 0) is 0 Å². The van der Waals surface area contributed by atoms with Crippen molar-refractivity contribution in [1.29, 1.82) is 0 Å². The van der Waals surface area contributed by atoms with Crippen LogP contribution in [0.25, 0.3) is 0 Å². The number of nitrogens with zero attached hydrogens (tertiary/aromatic N) is 1. The summed E-state index contributed by atoms with van der Waals surface area (Å²) in [6.45, 7) is 1.76. The van der Waals surface area contributed by atoms with E-state index in [9.17, 15) is 14.9 Å². The van der Waals surface area contributed by atoms with Gasteiger partial charge in [-0.3, -0.25) is 14.9 Å². The average molecular weight is 295 g/mol. The molecule has 0 saturated heterocycles. The van der Waals surface area contributed by atoms with Crippen LogP contribution < -0.4 is 5.32 Å². The Morgan fingerprint density at radius 3 is 2.75 bits per heavy atom. The van der Waals surface area contributed by atoms with Gasteiger partial charge in [-0.05, 0) is 25.1 Å². The minimum absolute atomic E-state index is 0.0309. The van der Waals surface area contributed by atoms with Gasteiger partial charge in [0.2, 0.25) is 0 Å². The summed E-state index contributed by atoms with van der Waals surface area (Å²) >= 11 is 5.89. The molecule has 2 aromatic rings. The molecule has 0 spiro atoms. The second kappa shape index (κ2) is 5.75. The first-order valence-corrected chi connectivity index (χ1v) is 6.15. The fraction of sp³-hybridized carbons (Fsp3) is 0.154. The van der Waals surface area contributed by atoms with Gasteiger partial charge in [0.1, 0.15) is 5.76 Å². The number of furan rings is 1. The van der Waals surface area contributed by atoms with Crippen LogP contribution in [0, 0.1) is 10.1 Å². The van der Waals surface area contributed by atoms with Crippen LogP contribution in [-0.4, -0.2) is 10.8 Å². The van der Waals surface area contributed by atoms with Gasteiger partial charge < -0.3 is 9.73 Å². The number of nitro benzene ring substituents is 1. The summed E-state index contributed by atoms with van der Waals surface area (Å²) in [6.07, 6.45) is 1.51. The summed E-state index contributed by atoms with van der Waals surface area (Å²) in [5, 5.41) is 13.3. The highest BCUT2D eigenvalue weighted by molar-refractivity contribution is 6.34. The predicted molar refractivity (Wildman–Crippen MR) is 72.7 cm³/mol. The Morgan fingerprint density at radius 1 is 1.45 bits per heavy atom. The van der Waals surface area contributed by atoms with E-state index >= 15 is 0 Å². The molecule has 1 aromatic carbocycles. The van der Waals surface area contributed by atoms with Crippen molar-refractivity contribution < 1.29 is 14.1 Å². The van der Waals surface area contributed by atoms with E-state index in [0.717, 1.165) is 6.07 Å². The van der Waals surface area contributed by atoms with Crippen molar-refractivity contribution >= 4 is 23.2 Å². The van der Waals surface area contributed by atoms with Gasteiger partial charge in [-0.25, -0.2) is 0 Å². The van der Waals surface area contributed by atoms with E-state index in [2.05, 4.69) is 5.32 Å². The van der Waals surface area contributed by atoms with Crippen LogP contribution in [0.4, 0.5) is 5.69 Å². The van der Waals surface area contributed by atoms with E-state index < -0.39 is 10.8 Å². The minimum atomic E-state index is -0.570. The van der Waals surface area contributed by atoms with E-state index in [1.807, 2.05) is 0 Å². The Morgan fingerprint density at radius 2 is 2.20 bits per heavy atom. The number of non-ortho nitro benzene ring substituents is 1. The third-order valence-electron chi connectivity index (χ3n) is 2.73. The molecule has 1 amide bonds. The lowest BCUT2D eigenvalue weighted by molar-refractivity contribution is -0.384. The summed E-state index contributed by atoms with van der Waals surface area (Å²) in [6, 6.07) is 6.83. The lowest BCUT2D eigenvalue weighted by Gasteiger charge is -2.12. The average Bonchev–Trinajstić information content (AvgIpc) is 2.92. The van der Waals surface area contributed by atoms with Crippen LogP contribution in [0.1, 0.15) is 29.1 Å². The maximum Gasteiger partial charge on any atom is 0.270 e. The van der Waals surface area contributed by atoms with Gasteiger partial charge in [-0.1, -0.05) is 11.6 Å². The normalized spacial score (nSPS) is 11.9. The molecule has 0 fully saturated rings. The Kier molecular flexibility index (Phi) is 4.05. The van der Waals surface area contributed by atoms with Gasteiger partial charge in [0.05, 0.1) is 27.8 Å². The molecule has 0 aliphatic carbocycles. The molecule has 0 radical (unpaired) electrons. The van der Waals surface area contributed by atoms with Crippen molar-refractivity contribution in [2.45, 2.75) is 13.0 Å². The molecule has 20 heavy (non-hydrogen) atoms. The summed E-state index contributed by atoms with van der Waals surface area (Å²) in [4.78, 5) is 22.1. The summed E-state index contributed by atoms with van der Waals surface area (Å²) in [7, 11) is 0. The number of benzene rings is 1. The molecule has 104 valence electrons. The molecule has 0 aliphatic heterocycles. The zero-order valence-corrected chi connectivity index (χ0v) is 11.3. The van der Waals surface area contributed by atoms with Crippen LogP contribution >= 0.6 is 11.6 Å². The van der Waals surface area contributed by atoms with Crippen molar-refractivity contribution in [3.8, 4) is 0 Å². The number of rotatable bonds is 4. The van der Waals surface area contributed by atoms with Gasteiger partial charge >= 0.3 is 0 Å². The standard InChI is InChI=1S/C13H11ClN2O4/c1-8(12-3-2-6-20-12)15-13(17)10-5-4-9(16(18)19)7-11(10)14/h2-8H,1H3,(H,15,17)/t8-/m1/s1. The SMILES string of the molecule is C[C@@H](NC(=O)c1ccc([N+](=O)[O-])cc1Cl)c1ccco1. The van der Waals surface area contributed by atoms with Crippen LogP contribution in [0.15, 0.2) is 41.0 Å². The van der Waals surface area contributed by atoms with Crippen molar-refractivity contribution in [3.63, 3.8) is 0 Å². The first-order chi connectivity index (χ1) is 9.49. The number of nitrogens with one attached hydrogen (secondary N) is 1. The second-order valence-electron chi connectivity index (χ2n) is 4.13. The molecule has 1 atom stereocenters. The Hall–Kier alpha value is -2.34. The van der Waals surface area contributed by atoms with Crippen LogP contribution in [0.2, 0.25) is 5.02 Å². The van der Waals surface area contributed by atoms with Gasteiger partial charge in [0, 0.05) is 12.1 Å². The van der Waals surface area contributed by atoms with Crippen molar-refractivity contribution in [3.05, 3.63) is 63.1 Å². The second-order valence-corrected chi connectivity index (χ2v) is 4.54. The van der Waals surface area contributed by atoms with Crippen molar-refractivity contribution in [1.82, 2.24) is 5.32 Å². The Labute approximate surface area is 119 Å². The molecule has 0 saturated carbocycles. The molecular formula is C13H11ClN2O4. The zero-order valence-electron chi connectivity index (χ0n) is 10.5. The van der Waals surface area contributed by atoms with Gasteiger partial charge in [0.25, 0.3) is 11.6 Å². The lowest BCUT2D eigenvalue weighted by atomic mass is 10.1. The zero-order chi connectivity index (χ0) is 14.7. The first-order valence-electron chi connectivity index (χ1n) is 5.77. The highest BCUT2D eigenvalue weighted by atomic mass is 35.5. The highest BCUT2D eigenvalue weighted by Crippen LogP contribution is 2.23. The number of carbonyl (C=O) groups is 1. The summed E-state index contributed by atoms with van der Waals surface area (Å²) < 4.78 is 5.18. The van der Waals surface area contributed by atoms with Crippen molar-refractivity contribution in [2.24, 2.45) is 0 Å². The lowest BCUT2D eigenvalue weighted by Crippen LogP contribution is -2.26. The minimum Gasteiger partial charge on any atom is -0.467 e. The number of hydrogen-bond acceptors (Lipinski definition) is 4. The highest BCUT2D eigenvalue weighted by Gasteiger charge is 2.18. The van der Waals surface area contributed by atoms with Gasteiger partial charge in [-0.2, -0.15) is 0 Å². The Balaban J connectivity index is 2.15. The van der Waals surface area contributed by atoms with Crippen molar-refractivity contribution in [2.75, 3.05) is 0 Å². The quantitative estimate of drug-likeness (QED) is 0.692. The van der Waals surface area contributed by atoms with E-state index in [4.69, 9.17) is 16.0 Å². The molecule has 1 aromatic heterocycles. The van der Waals surface area contributed by atoms with Gasteiger partial charge in [-0.15, -0.1) is 0 Å². The third kappa shape index (κ3) is 2.97. The van der Waals surface area contributed by atoms with Gasteiger partial charge in [0.15, 0.2) is 0 Å². The topological polar surface area (TPSA) is 85.4 Å². The van der Waals surface area contributed by atoms with E-state index in [-0.39, 0.29) is 22.3 Å². The Bertz CT molecular complexity index is 640. The van der Waals surface area contributed by atoms with E-state index in [1.54, 1.807) is 19.1 Å². The predicted octanol–water partition coefficient (Wildman–Crippen LogP) is 3.33. The maximum absolute atomic E-state index is 12.0. The molecule has 6 nitrogen and oxygen atoms in total. The number of hydrogen-bond donors (Lipinski definition) is 1. The van der Waals surface area contributed by atoms with Crippen LogP contribution in [0.3, 0.4) is 0 Å². The monoisotopic (exact) mass is 294 g/mol. The number of carbonyl (C=O) groups excluding carboxylic acids is 1.